The number of rotatable bonds is 7. The van der Waals surface area contributed by atoms with E-state index >= 15 is 0 Å². The predicted octanol–water partition coefficient (Wildman–Crippen LogP) is 6.39. The Bertz CT molecular complexity index is 2140. The van der Waals surface area contributed by atoms with E-state index in [-0.39, 0.29) is 11.6 Å². The van der Waals surface area contributed by atoms with Crippen LogP contribution in [0, 0.1) is 22.6 Å². The number of halogens is 1. The van der Waals surface area contributed by atoms with E-state index in [2.05, 4.69) is 49.4 Å². The molecule has 238 valence electrons. The minimum absolute atomic E-state index is 0.194. The van der Waals surface area contributed by atoms with Crippen LogP contribution < -0.4 is 11.1 Å². The zero-order valence-electron chi connectivity index (χ0n) is 26.2. The summed E-state index contributed by atoms with van der Waals surface area (Å²) < 4.78 is 15.7. The maximum absolute atomic E-state index is 13.6. The number of aromatic nitrogens is 6. The van der Waals surface area contributed by atoms with Gasteiger partial charge in [0.2, 0.25) is 5.82 Å². The number of nitriles is 1. The number of nitrogens with one attached hydrogen (secondary N) is 1. The first-order valence-corrected chi connectivity index (χ1v) is 16.1. The highest BCUT2D eigenvalue weighted by atomic mass is 19.1. The Kier molecular flexibility index (Phi) is 7.50. The summed E-state index contributed by atoms with van der Waals surface area (Å²) in [5.41, 5.74) is 12.5. The summed E-state index contributed by atoms with van der Waals surface area (Å²) in [5.74, 6) is 1.69. The van der Waals surface area contributed by atoms with Gasteiger partial charge in [-0.1, -0.05) is 12.1 Å². The maximum Gasteiger partial charge on any atom is 0.234 e. The standard InChI is InChI=1S/C37H33FN10/c38-26-7-5-25(6-8-26)30-11-12-31-36(44-30)48(35(45-31)29-2-1-16-42-34(29)40)28-9-3-24(4-10-28)23-47-18-14-37(15-19-47)20-27(21-37)43-32-13-17-41-33(22-39)46-32/h1-13,16-17,27H,14-15,18-21,23H2,(H2,40,42)(H,41,43,46). The van der Waals surface area contributed by atoms with Crippen LogP contribution in [0.4, 0.5) is 16.0 Å². The first kappa shape index (κ1) is 29.7. The monoisotopic (exact) mass is 636 g/mol. The third-order valence-electron chi connectivity index (χ3n) is 9.71. The van der Waals surface area contributed by atoms with E-state index in [1.807, 2.05) is 41.0 Å². The normalized spacial score (nSPS) is 16.1. The molecule has 1 aliphatic heterocycles. The number of piperidine rings is 1. The van der Waals surface area contributed by atoms with Crippen LogP contribution in [0.3, 0.4) is 0 Å². The molecule has 0 bridgehead atoms. The summed E-state index contributed by atoms with van der Waals surface area (Å²) in [6.07, 6.45) is 7.90. The number of likely N-dealkylation sites (tertiary alicyclic amines) is 1. The lowest BCUT2D eigenvalue weighted by Gasteiger charge is -2.52. The van der Waals surface area contributed by atoms with Gasteiger partial charge in [0.15, 0.2) is 11.5 Å². The minimum Gasteiger partial charge on any atom is -0.383 e. The number of nitrogens with two attached hydrogens (primary N) is 1. The molecule has 8 rings (SSSR count). The smallest absolute Gasteiger partial charge is 0.234 e. The number of hydrogen-bond acceptors (Lipinski definition) is 9. The lowest BCUT2D eigenvalue weighted by molar-refractivity contribution is 0.0210. The second kappa shape index (κ2) is 12.1. The van der Waals surface area contributed by atoms with Crippen molar-refractivity contribution in [2.75, 3.05) is 24.1 Å². The van der Waals surface area contributed by atoms with Crippen LogP contribution in [0.5, 0.6) is 0 Å². The Morgan fingerprint density at radius 3 is 2.44 bits per heavy atom. The second-order valence-corrected chi connectivity index (χ2v) is 12.8. The highest BCUT2D eigenvalue weighted by Gasteiger charge is 2.45. The second-order valence-electron chi connectivity index (χ2n) is 12.8. The summed E-state index contributed by atoms with van der Waals surface area (Å²) in [7, 11) is 0. The van der Waals surface area contributed by atoms with E-state index in [1.54, 1.807) is 24.5 Å². The quantitative estimate of drug-likeness (QED) is 0.204. The van der Waals surface area contributed by atoms with Crippen molar-refractivity contribution in [1.82, 2.24) is 34.4 Å². The molecule has 1 aliphatic carbocycles. The lowest BCUT2D eigenvalue weighted by atomic mass is 9.60. The van der Waals surface area contributed by atoms with Crippen LogP contribution in [-0.4, -0.2) is 53.5 Å². The number of imidazole rings is 1. The van der Waals surface area contributed by atoms with Crippen LogP contribution in [-0.2, 0) is 6.54 Å². The molecule has 1 spiro atoms. The molecule has 1 saturated heterocycles. The van der Waals surface area contributed by atoms with Crippen molar-refractivity contribution in [3.63, 3.8) is 0 Å². The third kappa shape index (κ3) is 5.71. The molecule has 2 fully saturated rings. The summed E-state index contributed by atoms with van der Waals surface area (Å²) in [6.45, 7) is 3.01. The molecule has 0 atom stereocenters. The van der Waals surface area contributed by atoms with Crippen molar-refractivity contribution >= 4 is 22.8 Å². The van der Waals surface area contributed by atoms with E-state index < -0.39 is 0 Å². The van der Waals surface area contributed by atoms with Crippen LogP contribution >= 0.6 is 0 Å². The maximum atomic E-state index is 13.6. The fourth-order valence-corrected chi connectivity index (χ4v) is 7.16. The van der Waals surface area contributed by atoms with Crippen LogP contribution in [0.25, 0.3) is 39.5 Å². The molecule has 3 N–H and O–H groups in total. The SMILES string of the molecule is N#Cc1nccc(NC2CC3(CCN(Cc4ccc(-n5c(-c6cccnc6N)nc6ccc(-c7ccc(F)cc7)nc65)cc4)CC3)C2)n1. The molecule has 0 amide bonds. The van der Waals surface area contributed by atoms with Gasteiger partial charge in [-0.3, -0.25) is 9.47 Å². The fourth-order valence-electron chi connectivity index (χ4n) is 7.16. The van der Waals surface area contributed by atoms with Crippen LogP contribution in [0.15, 0.2) is 91.3 Å². The highest BCUT2D eigenvalue weighted by molar-refractivity contribution is 5.84. The Balaban J connectivity index is 0.988. The Hall–Kier alpha value is -5.73. The highest BCUT2D eigenvalue weighted by Crippen LogP contribution is 2.50. The molecule has 2 aliphatic rings. The van der Waals surface area contributed by atoms with E-state index in [4.69, 9.17) is 21.0 Å². The number of anilines is 2. The number of nitrogens with zero attached hydrogens (tertiary/aromatic N) is 8. The van der Waals surface area contributed by atoms with Crippen LogP contribution in [0.2, 0.25) is 0 Å². The van der Waals surface area contributed by atoms with Gasteiger partial charge in [0.05, 0.1) is 11.3 Å². The summed E-state index contributed by atoms with van der Waals surface area (Å²) in [6, 6.07) is 26.7. The number of pyridine rings is 2. The molecular weight excluding hydrogens is 603 g/mol. The van der Waals surface area contributed by atoms with Crippen LogP contribution in [0.1, 0.15) is 37.1 Å². The largest absolute Gasteiger partial charge is 0.383 e. The van der Waals surface area contributed by atoms with Gasteiger partial charge in [-0.2, -0.15) is 5.26 Å². The molecule has 10 nitrogen and oxygen atoms in total. The third-order valence-corrected chi connectivity index (χ3v) is 9.71. The van der Waals surface area contributed by atoms with Gasteiger partial charge in [0.1, 0.15) is 29.0 Å². The van der Waals surface area contributed by atoms with Gasteiger partial charge in [-0.15, -0.1) is 0 Å². The number of hydrogen-bond donors (Lipinski definition) is 2. The zero-order valence-corrected chi connectivity index (χ0v) is 26.2. The van der Waals surface area contributed by atoms with Crippen molar-refractivity contribution in [3.8, 4) is 34.4 Å². The Morgan fingerprint density at radius 2 is 1.69 bits per heavy atom. The Morgan fingerprint density at radius 1 is 0.896 bits per heavy atom. The molecule has 0 radical (unpaired) electrons. The predicted molar refractivity (Wildman–Crippen MR) is 182 cm³/mol. The molecule has 6 aromatic rings. The minimum atomic E-state index is -0.288. The first-order chi connectivity index (χ1) is 23.4. The molecule has 11 heteroatoms. The topological polar surface area (TPSA) is 134 Å². The van der Waals surface area contributed by atoms with Crippen molar-refractivity contribution in [2.24, 2.45) is 5.41 Å². The fraction of sp³-hybridized carbons (Fsp3) is 0.243. The van der Waals surface area contributed by atoms with Crippen molar-refractivity contribution in [1.29, 1.82) is 5.26 Å². The van der Waals surface area contributed by atoms with Gasteiger partial charge in [-0.25, -0.2) is 29.3 Å². The molecule has 2 aromatic carbocycles. The zero-order chi connectivity index (χ0) is 32.7. The molecular formula is C37H33FN10. The molecule has 5 heterocycles. The summed E-state index contributed by atoms with van der Waals surface area (Å²) in [5, 5.41) is 12.6. The van der Waals surface area contributed by atoms with Crippen molar-refractivity contribution in [3.05, 3.63) is 108 Å². The molecule has 4 aromatic heterocycles. The number of benzene rings is 2. The lowest BCUT2D eigenvalue weighted by Crippen LogP contribution is -2.51. The van der Waals surface area contributed by atoms with E-state index in [1.165, 1.54) is 30.5 Å². The molecule has 1 saturated carbocycles. The summed E-state index contributed by atoms with van der Waals surface area (Å²) >= 11 is 0. The molecule has 48 heavy (non-hydrogen) atoms. The number of nitrogen functional groups attached to an aromatic ring is 1. The average Bonchev–Trinajstić information content (AvgIpc) is 3.48. The van der Waals surface area contributed by atoms with Gasteiger partial charge in [0.25, 0.3) is 0 Å². The van der Waals surface area contributed by atoms with Gasteiger partial charge in [-0.05, 0) is 116 Å². The van der Waals surface area contributed by atoms with E-state index in [0.717, 1.165) is 66.3 Å². The van der Waals surface area contributed by atoms with Gasteiger partial charge < -0.3 is 11.1 Å². The van der Waals surface area contributed by atoms with E-state index in [9.17, 15) is 4.39 Å². The number of fused-ring (bicyclic) bond motifs is 1. The Labute approximate surface area is 277 Å². The molecule has 0 unspecified atom stereocenters. The van der Waals surface area contributed by atoms with E-state index in [0.29, 0.717) is 28.7 Å². The van der Waals surface area contributed by atoms with Crippen molar-refractivity contribution < 1.29 is 4.39 Å². The van der Waals surface area contributed by atoms with Crippen molar-refractivity contribution in [2.45, 2.75) is 38.3 Å². The van der Waals surface area contributed by atoms with Gasteiger partial charge in [0, 0.05) is 36.2 Å². The summed E-state index contributed by atoms with van der Waals surface area (Å²) in [4.78, 5) is 25.0. The average molecular weight is 637 g/mol. The first-order valence-electron chi connectivity index (χ1n) is 16.1. The van der Waals surface area contributed by atoms with Gasteiger partial charge >= 0.3 is 0 Å².